The van der Waals surface area contributed by atoms with Crippen molar-refractivity contribution >= 4 is 0 Å². The number of allylic oxidation sites excluding steroid dienone is 1. The highest BCUT2D eigenvalue weighted by molar-refractivity contribution is 5.45. The van der Waals surface area contributed by atoms with Crippen molar-refractivity contribution < 1.29 is 24.1 Å². The van der Waals surface area contributed by atoms with Crippen molar-refractivity contribution in [1.29, 1.82) is 0 Å². The lowest BCUT2D eigenvalue weighted by Crippen LogP contribution is -2.49. The van der Waals surface area contributed by atoms with Crippen molar-refractivity contribution in [1.82, 2.24) is 0 Å². The number of hydrogen-bond acceptors (Lipinski definition) is 5. The molecule has 1 N–H and O–H groups in total. The summed E-state index contributed by atoms with van der Waals surface area (Å²) >= 11 is 0. The van der Waals surface area contributed by atoms with Gasteiger partial charge in [-0.2, -0.15) is 0 Å². The number of methoxy groups -OCH3 is 2. The lowest BCUT2D eigenvalue weighted by atomic mass is 9.49. The maximum Gasteiger partial charge on any atom is 0.172 e. The second-order valence-corrected chi connectivity index (χ2v) is 11.3. The number of benzene rings is 1. The molecule has 6 rings (SSSR count). The van der Waals surface area contributed by atoms with Crippen molar-refractivity contribution in [2.45, 2.75) is 76.1 Å². The van der Waals surface area contributed by atoms with E-state index in [2.05, 4.69) is 19.1 Å². The van der Waals surface area contributed by atoms with E-state index in [-0.39, 0.29) is 17.3 Å². The third-order valence-corrected chi connectivity index (χ3v) is 9.98. The van der Waals surface area contributed by atoms with Crippen LogP contribution < -0.4 is 9.47 Å². The largest absolute Gasteiger partial charge is 0.497 e. The van der Waals surface area contributed by atoms with Gasteiger partial charge in [-0.25, -0.2) is 0 Å². The number of aliphatic hydroxyl groups excluding tert-OH is 1. The van der Waals surface area contributed by atoms with Gasteiger partial charge in [0, 0.05) is 18.9 Å². The lowest BCUT2D eigenvalue weighted by Gasteiger charge is -2.56. The second kappa shape index (κ2) is 8.00. The van der Waals surface area contributed by atoms with E-state index in [1.165, 1.54) is 12.0 Å². The van der Waals surface area contributed by atoms with Crippen LogP contribution in [-0.4, -0.2) is 44.4 Å². The van der Waals surface area contributed by atoms with Gasteiger partial charge >= 0.3 is 0 Å². The number of fused-ring (bicyclic) bond motifs is 4. The van der Waals surface area contributed by atoms with Gasteiger partial charge in [-0.3, -0.25) is 0 Å². The fourth-order valence-corrected chi connectivity index (χ4v) is 8.46. The molecule has 3 fully saturated rings. The molecule has 5 aliphatic rings. The highest BCUT2D eigenvalue weighted by Gasteiger charge is 2.59. The molecule has 0 amide bonds. The maximum absolute atomic E-state index is 11.1. The van der Waals surface area contributed by atoms with Crippen LogP contribution in [0.1, 0.15) is 69.8 Å². The van der Waals surface area contributed by atoms with E-state index in [0.717, 1.165) is 69.7 Å². The Morgan fingerprint density at radius 2 is 1.85 bits per heavy atom. The molecular weight excluding hydrogens is 416 g/mol. The van der Waals surface area contributed by atoms with Gasteiger partial charge in [0.25, 0.3) is 0 Å². The molecule has 1 spiro atoms. The van der Waals surface area contributed by atoms with Crippen molar-refractivity contribution in [2.24, 2.45) is 23.2 Å². The average Bonchev–Trinajstić information content (AvgIpc) is 3.41. The fraction of sp³-hybridized carbons (Fsp3) is 0.714. The highest BCUT2D eigenvalue weighted by Crippen LogP contribution is 2.66. The Labute approximate surface area is 197 Å². The zero-order chi connectivity index (χ0) is 22.8. The van der Waals surface area contributed by atoms with Gasteiger partial charge in [-0.15, -0.1) is 0 Å². The quantitative estimate of drug-likeness (QED) is 0.635. The number of aliphatic hydroxyl groups is 1. The van der Waals surface area contributed by atoms with Gasteiger partial charge in [0.05, 0.1) is 33.5 Å². The van der Waals surface area contributed by atoms with E-state index in [1.807, 2.05) is 6.07 Å². The zero-order valence-electron chi connectivity index (χ0n) is 20.3. The maximum atomic E-state index is 11.1. The Morgan fingerprint density at radius 3 is 2.61 bits per heavy atom. The van der Waals surface area contributed by atoms with E-state index >= 15 is 0 Å². The van der Waals surface area contributed by atoms with Gasteiger partial charge in [0.15, 0.2) is 5.79 Å². The zero-order valence-corrected chi connectivity index (χ0v) is 20.3. The molecule has 1 heterocycles. The molecular formula is C28H38O5. The molecule has 0 aromatic heterocycles. The topological polar surface area (TPSA) is 57.2 Å². The molecule has 0 radical (unpaired) electrons. The minimum atomic E-state index is -0.369. The van der Waals surface area contributed by atoms with Gasteiger partial charge in [-0.1, -0.05) is 24.1 Å². The monoisotopic (exact) mass is 454 g/mol. The Morgan fingerprint density at radius 1 is 1.03 bits per heavy atom. The molecule has 180 valence electrons. The number of hydrogen-bond donors (Lipinski definition) is 1. The van der Waals surface area contributed by atoms with Gasteiger partial charge in [0.2, 0.25) is 0 Å². The molecule has 0 bridgehead atoms. The molecule has 6 atom stereocenters. The second-order valence-electron chi connectivity index (χ2n) is 11.3. The van der Waals surface area contributed by atoms with Crippen molar-refractivity contribution in [3.05, 3.63) is 34.9 Å². The third kappa shape index (κ3) is 3.30. The lowest BCUT2D eigenvalue weighted by molar-refractivity contribution is -0.166. The van der Waals surface area contributed by atoms with Gasteiger partial charge < -0.3 is 24.1 Å². The molecule has 1 aromatic carbocycles. The van der Waals surface area contributed by atoms with Crippen molar-refractivity contribution in [3.8, 4) is 11.5 Å². The number of rotatable bonds is 3. The summed E-state index contributed by atoms with van der Waals surface area (Å²) in [5.74, 6) is 3.44. The third-order valence-electron chi connectivity index (χ3n) is 9.98. The van der Waals surface area contributed by atoms with E-state index in [4.69, 9.17) is 18.9 Å². The first-order valence-corrected chi connectivity index (χ1v) is 12.9. The summed E-state index contributed by atoms with van der Waals surface area (Å²) < 4.78 is 23.6. The molecule has 4 aliphatic carbocycles. The molecule has 1 aliphatic heterocycles. The molecule has 0 unspecified atom stereocenters. The van der Waals surface area contributed by atoms with Crippen LogP contribution in [0, 0.1) is 23.2 Å². The summed E-state index contributed by atoms with van der Waals surface area (Å²) in [6.07, 6.45) is 8.23. The summed E-state index contributed by atoms with van der Waals surface area (Å²) in [5, 5.41) is 11.1. The predicted octanol–water partition coefficient (Wildman–Crippen LogP) is 5.22. The minimum absolute atomic E-state index is 0.0254. The smallest absolute Gasteiger partial charge is 0.172 e. The predicted molar refractivity (Wildman–Crippen MR) is 125 cm³/mol. The summed E-state index contributed by atoms with van der Waals surface area (Å²) in [6, 6.07) is 6.31. The first-order valence-electron chi connectivity index (χ1n) is 12.9. The Kier molecular flexibility index (Phi) is 5.32. The minimum Gasteiger partial charge on any atom is -0.497 e. The Bertz CT molecular complexity index is 948. The Balaban J connectivity index is 1.44. The Hall–Kier alpha value is -1.56. The fourth-order valence-electron chi connectivity index (χ4n) is 8.46. The summed E-state index contributed by atoms with van der Waals surface area (Å²) in [6.45, 7) is 3.80. The summed E-state index contributed by atoms with van der Waals surface area (Å²) in [5.41, 5.74) is 4.50. The molecule has 1 saturated heterocycles. The van der Waals surface area contributed by atoms with Crippen LogP contribution in [0.3, 0.4) is 0 Å². The molecule has 2 saturated carbocycles. The first-order chi connectivity index (χ1) is 16.0. The average molecular weight is 455 g/mol. The van der Waals surface area contributed by atoms with E-state index in [1.54, 1.807) is 25.4 Å². The van der Waals surface area contributed by atoms with Crippen LogP contribution in [0.25, 0.3) is 0 Å². The molecule has 5 heteroatoms. The summed E-state index contributed by atoms with van der Waals surface area (Å²) in [4.78, 5) is 0. The summed E-state index contributed by atoms with van der Waals surface area (Å²) in [7, 11) is 3.47. The van der Waals surface area contributed by atoms with Crippen LogP contribution in [0.2, 0.25) is 0 Å². The number of ether oxygens (including phenoxy) is 4. The standard InChI is InChI=1S/C28H38O5/c1-27-16-22(20-7-5-18(30-2)14-24(20)31-3)26-19-10-11-28(32-12-13-33-28)15-17(19)4-6-21(26)23(27)8-9-25(27)29/h5,7,14,21-23,25-26,29H,4,6,8-13,15-16H2,1-3H3/t21-,22+,23-,25-,26+,27-/m0/s1. The molecule has 1 aromatic rings. The highest BCUT2D eigenvalue weighted by atomic mass is 16.7. The van der Waals surface area contributed by atoms with Gasteiger partial charge in [0.1, 0.15) is 11.5 Å². The van der Waals surface area contributed by atoms with E-state index in [0.29, 0.717) is 23.7 Å². The van der Waals surface area contributed by atoms with Crippen LogP contribution in [0.4, 0.5) is 0 Å². The first kappa shape index (κ1) is 21.9. The van der Waals surface area contributed by atoms with Crippen LogP contribution in [-0.2, 0) is 9.47 Å². The van der Waals surface area contributed by atoms with Gasteiger partial charge in [-0.05, 0) is 79.2 Å². The van der Waals surface area contributed by atoms with Crippen LogP contribution in [0.5, 0.6) is 11.5 Å². The van der Waals surface area contributed by atoms with Crippen molar-refractivity contribution in [2.75, 3.05) is 27.4 Å². The SMILES string of the molecule is COc1ccc([C@H]2C[C@]3(C)[C@@H](O)CC[C@H]3[C@@H]3CCC4=C(CCC5(C4)OCCO5)[C@H]32)c(OC)c1. The van der Waals surface area contributed by atoms with Crippen molar-refractivity contribution in [3.63, 3.8) is 0 Å². The van der Waals surface area contributed by atoms with Crippen LogP contribution in [0.15, 0.2) is 29.3 Å². The molecule has 33 heavy (non-hydrogen) atoms. The normalized spacial score (nSPS) is 39.2. The van der Waals surface area contributed by atoms with E-state index in [9.17, 15) is 5.11 Å². The van der Waals surface area contributed by atoms with Crippen LogP contribution >= 0.6 is 0 Å². The van der Waals surface area contributed by atoms with E-state index < -0.39 is 0 Å². The molecule has 5 nitrogen and oxygen atoms in total.